The van der Waals surface area contributed by atoms with Crippen LogP contribution in [0, 0.1) is 11.8 Å². The van der Waals surface area contributed by atoms with Crippen LogP contribution in [0.3, 0.4) is 0 Å². The highest BCUT2D eigenvalue weighted by atomic mass is 16.2. The molecule has 28 heavy (non-hydrogen) atoms. The van der Waals surface area contributed by atoms with Crippen molar-refractivity contribution in [2.75, 3.05) is 13.1 Å². The van der Waals surface area contributed by atoms with Gasteiger partial charge >= 0.3 is 0 Å². The van der Waals surface area contributed by atoms with E-state index in [0.29, 0.717) is 6.54 Å². The van der Waals surface area contributed by atoms with Crippen LogP contribution < -0.4 is 5.32 Å². The summed E-state index contributed by atoms with van der Waals surface area (Å²) in [6, 6.07) is 9.37. The minimum Gasteiger partial charge on any atom is -0.351 e. The van der Waals surface area contributed by atoms with Crippen molar-refractivity contribution in [2.45, 2.75) is 88.6 Å². The van der Waals surface area contributed by atoms with E-state index in [1.54, 1.807) is 0 Å². The molecule has 0 radical (unpaired) electrons. The third-order valence-electron chi connectivity index (χ3n) is 8.63. The summed E-state index contributed by atoms with van der Waals surface area (Å²) in [5, 5.41) is 3.18. The van der Waals surface area contributed by atoms with Crippen molar-refractivity contribution in [3.8, 4) is 0 Å². The smallest absolute Gasteiger partial charge is 0.231 e. The molecule has 3 heteroatoms. The normalized spacial score (nSPS) is 31.4. The predicted octanol–water partition coefficient (Wildman–Crippen LogP) is 4.79. The molecule has 0 atom stereocenters. The van der Waals surface area contributed by atoms with E-state index in [2.05, 4.69) is 34.5 Å². The van der Waals surface area contributed by atoms with Gasteiger partial charge in [0.25, 0.3) is 0 Å². The summed E-state index contributed by atoms with van der Waals surface area (Å²) in [5.74, 6) is 2.30. The fourth-order valence-electron chi connectivity index (χ4n) is 6.92. The van der Waals surface area contributed by atoms with Gasteiger partial charge in [-0.15, -0.1) is 0 Å². The van der Waals surface area contributed by atoms with Gasteiger partial charge in [0.05, 0.1) is 5.41 Å². The fourth-order valence-corrected chi connectivity index (χ4v) is 6.92. The maximum atomic E-state index is 12.9. The Kier molecular flexibility index (Phi) is 5.21. The van der Waals surface area contributed by atoms with Gasteiger partial charge in [-0.1, -0.05) is 56.4 Å². The number of amides is 1. The zero-order valence-electron chi connectivity index (χ0n) is 17.3. The van der Waals surface area contributed by atoms with E-state index in [0.717, 1.165) is 43.8 Å². The summed E-state index contributed by atoms with van der Waals surface area (Å²) < 4.78 is 0. The molecule has 2 heterocycles. The first-order chi connectivity index (χ1) is 13.8. The average molecular weight is 381 g/mol. The first kappa shape index (κ1) is 18.7. The monoisotopic (exact) mass is 380 g/mol. The molecular weight excluding hydrogens is 344 g/mol. The highest BCUT2D eigenvalue weighted by Gasteiger charge is 2.47. The molecule has 1 saturated heterocycles. The first-order valence-corrected chi connectivity index (χ1v) is 11.9. The molecule has 152 valence electrons. The Morgan fingerprint density at radius 2 is 1.54 bits per heavy atom. The summed E-state index contributed by atoms with van der Waals surface area (Å²) in [7, 11) is 0. The Labute approximate surface area is 170 Å². The largest absolute Gasteiger partial charge is 0.351 e. The lowest BCUT2D eigenvalue weighted by molar-refractivity contribution is -0.130. The number of hydrogen-bond acceptors (Lipinski definition) is 2. The number of rotatable bonds is 2. The second-order valence-corrected chi connectivity index (χ2v) is 9.92. The Bertz CT molecular complexity index is 692. The number of hydrogen-bond donors (Lipinski definition) is 1. The van der Waals surface area contributed by atoms with Gasteiger partial charge in [0.1, 0.15) is 0 Å². The molecule has 2 aliphatic carbocycles. The highest BCUT2D eigenvalue weighted by Crippen LogP contribution is 2.43. The van der Waals surface area contributed by atoms with Crippen molar-refractivity contribution in [1.29, 1.82) is 0 Å². The molecule has 0 aromatic heterocycles. The van der Waals surface area contributed by atoms with Gasteiger partial charge in [0, 0.05) is 12.6 Å². The quantitative estimate of drug-likeness (QED) is 0.800. The Morgan fingerprint density at radius 3 is 2.29 bits per heavy atom. The molecule has 1 N–H and O–H groups in total. The van der Waals surface area contributed by atoms with Gasteiger partial charge in [-0.2, -0.15) is 0 Å². The van der Waals surface area contributed by atoms with Crippen molar-refractivity contribution in [3.05, 3.63) is 35.4 Å². The minimum atomic E-state index is -0.273. The van der Waals surface area contributed by atoms with Crippen LogP contribution in [-0.4, -0.2) is 29.9 Å². The van der Waals surface area contributed by atoms with Crippen LogP contribution in [0.5, 0.6) is 0 Å². The van der Waals surface area contributed by atoms with Crippen LogP contribution in [-0.2, 0) is 16.8 Å². The van der Waals surface area contributed by atoms with Crippen molar-refractivity contribution in [3.63, 3.8) is 0 Å². The van der Waals surface area contributed by atoms with E-state index in [1.807, 2.05) is 0 Å². The molecule has 1 aromatic carbocycles. The van der Waals surface area contributed by atoms with E-state index in [-0.39, 0.29) is 11.3 Å². The van der Waals surface area contributed by atoms with Crippen LogP contribution in [0.15, 0.2) is 24.3 Å². The summed E-state index contributed by atoms with van der Waals surface area (Å²) >= 11 is 0. The molecule has 1 aromatic rings. The van der Waals surface area contributed by atoms with E-state index >= 15 is 0 Å². The number of likely N-dealkylation sites (tertiary alicyclic amines) is 1. The van der Waals surface area contributed by atoms with Gasteiger partial charge in [-0.25, -0.2) is 0 Å². The first-order valence-electron chi connectivity index (χ1n) is 11.9. The van der Waals surface area contributed by atoms with Gasteiger partial charge in [-0.3, -0.25) is 4.79 Å². The highest BCUT2D eigenvalue weighted by molar-refractivity contribution is 5.90. The zero-order valence-corrected chi connectivity index (χ0v) is 17.3. The van der Waals surface area contributed by atoms with Crippen molar-refractivity contribution < 1.29 is 4.79 Å². The lowest BCUT2D eigenvalue weighted by Gasteiger charge is -2.47. The summed E-state index contributed by atoms with van der Waals surface area (Å²) in [6.45, 7) is 2.87. The molecule has 5 rings (SSSR count). The van der Waals surface area contributed by atoms with Crippen molar-refractivity contribution >= 4 is 5.91 Å². The molecule has 1 spiro atoms. The van der Waals surface area contributed by atoms with E-state index in [9.17, 15) is 4.79 Å². The third-order valence-corrected chi connectivity index (χ3v) is 8.63. The lowest BCUT2D eigenvalue weighted by Crippen LogP contribution is -2.56. The second-order valence-electron chi connectivity index (χ2n) is 9.92. The van der Waals surface area contributed by atoms with E-state index < -0.39 is 0 Å². The SMILES string of the molecule is O=C1NCc2ccccc2C12CCN(C1CCC(C3CCCCC3)CC1)CC2. The molecule has 4 aliphatic rings. The predicted molar refractivity (Wildman–Crippen MR) is 113 cm³/mol. The third kappa shape index (κ3) is 3.30. The molecule has 2 saturated carbocycles. The van der Waals surface area contributed by atoms with Crippen LogP contribution in [0.1, 0.15) is 81.8 Å². The van der Waals surface area contributed by atoms with Gasteiger partial charge in [0.15, 0.2) is 0 Å². The minimum absolute atomic E-state index is 0.270. The Balaban J connectivity index is 1.21. The number of piperidine rings is 1. The number of fused-ring (bicyclic) bond motifs is 2. The zero-order chi connectivity index (χ0) is 19.0. The maximum Gasteiger partial charge on any atom is 0.231 e. The average Bonchev–Trinajstić information content (AvgIpc) is 2.78. The molecule has 3 fully saturated rings. The van der Waals surface area contributed by atoms with Gasteiger partial charge in [0.2, 0.25) is 5.91 Å². The summed E-state index contributed by atoms with van der Waals surface area (Å²) in [6.07, 6.45) is 15.0. The maximum absolute atomic E-state index is 12.9. The molecule has 0 bridgehead atoms. The van der Waals surface area contributed by atoms with Crippen LogP contribution in [0.2, 0.25) is 0 Å². The van der Waals surface area contributed by atoms with Crippen molar-refractivity contribution in [2.24, 2.45) is 11.8 Å². The van der Waals surface area contributed by atoms with Crippen molar-refractivity contribution in [1.82, 2.24) is 10.2 Å². The fraction of sp³-hybridized carbons (Fsp3) is 0.720. The Hall–Kier alpha value is -1.35. The molecule has 3 nitrogen and oxygen atoms in total. The molecule has 2 aliphatic heterocycles. The molecule has 1 amide bonds. The molecule has 0 unspecified atom stereocenters. The number of carbonyl (C=O) groups is 1. The summed E-state index contributed by atoms with van der Waals surface area (Å²) in [5.41, 5.74) is 2.35. The second kappa shape index (κ2) is 7.82. The van der Waals surface area contributed by atoms with Gasteiger partial charge < -0.3 is 10.2 Å². The van der Waals surface area contributed by atoms with E-state index in [4.69, 9.17) is 0 Å². The number of nitrogens with one attached hydrogen (secondary N) is 1. The topological polar surface area (TPSA) is 32.3 Å². The van der Waals surface area contributed by atoms with E-state index in [1.165, 1.54) is 68.9 Å². The number of benzene rings is 1. The lowest BCUT2D eigenvalue weighted by atomic mass is 9.68. The number of nitrogens with zero attached hydrogens (tertiary/aromatic N) is 1. The standard InChI is InChI=1S/C25H36N2O/c28-24-25(23-9-5-4-8-21(23)18-26-24)14-16-27(17-15-25)22-12-10-20(11-13-22)19-6-2-1-3-7-19/h4-5,8-9,19-20,22H,1-3,6-7,10-18H2,(H,26,28). The van der Waals surface area contributed by atoms with Gasteiger partial charge in [-0.05, 0) is 74.6 Å². The summed E-state index contributed by atoms with van der Waals surface area (Å²) in [4.78, 5) is 15.6. The van der Waals surface area contributed by atoms with Crippen LogP contribution in [0.4, 0.5) is 0 Å². The van der Waals surface area contributed by atoms with Crippen LogP contribution in [0.25, 0.3) is 0 Å². The number of carbonyl (C=O) groups excluding carboxylic acids is 1. The molecular formula is C25H36N2O. The van der Waals surface area contributed by atoms with Crippen LogP contribution >= 0.6 is 0 Å². The Morgan fingerprint density at radius 1 is 0.857 bits per heavy atom.